The summed E-state index contributed by atoms with van der Waals surface area (Å²) >= 11 is 1.05. The monoisotopic (exact) mass is 894 g/mol. The molecule has 2 amide bonds. The molecule has 25 nitrogen and oxygen atoms in total. The van der Waals surface area contributed by atoms with E-state index in [0.29, 0.717) is 18.1 Å². The van der Waals surface area contributed by atoms with Crippen LogP contribution in [0, 0.1) is 11.3 Å². The van der Waals surface area contributed by atoms with Gasteiger partial charge in [0.2, 0.25) is 11.8 Å². The Morgan fingerprint density at radius 3 is 2.37 bits per heavy atom. The molecule has 8 atom stereocenters. The number of aromatic nitrogens is 4. The van der Waals surface area contributed by atoms with Crippen LogP contribution in [-0.2, 0) is 50.7 Å². The Labute approximate surface area is 330 Å². The molecule has 1 aliphatic rings. The fourth-order valence-corrected chi connectivity index (χ4v) is 8.85. The molecule has 0 aromatic carbocycles. The van der Waals surface area contributed by atoms with Crippen molar-refractivity contribution in [1.82, 2.24) is 30.2 Å². The summed E-state index contributed by atoms with van der Waals surface area (Å²) in [4.78, 5) is 87.7. The van der Waals surface area contributed by atoms with Gasteiger partial charge in [-0.15, -0.1) is 0 Å². The number of aliphatic hydroxyl groups excluding tert-OH is 2. The highest BCUT2D eigenvalue weighted by molar-refractivity contribution is 8.13. The summed E-state index contributed by atoms with van der Waals surface area (Å²) in [7, 11) is -16.4. The highest BCUT2D eigenvalue weighted by atomic mass is 32.2. The third-order valence-corrected chi connectivity index (χ3v) is 12.0. The summed E-state index contributed by atoms with van der Waals surface area (Å²) in [6.07, 6.45) is -6.00. The average Bonchev–Trinajstić information content (AvgIpc) is 3.64. The summed E-state index contributed by atoms with van der Waals surface area (Å²) < 4.78 is 62.1. The zero-order valence-electron chi connectivity index (χ0n) is 31.2. The van der Waals surface area contributed by atoms with Crippen molar-refractivity contribution in [3.8, 4) is 0 Å². The number of anilines is 1. The summed E-state index contributed by atoms with van der Waals surface area (Å²) in [6, 6.07) is -0.238. The Kier molecular flexibility index (Phi) is 17.7. The number of ether oxygens (including phenoxy) is 1. The van der Waals surface area contributed by atoms with Crippen molar-refractivity contribution in [1.29, 1.82) is 0 Å². The minimum absolute atomic E-state index is 0.0289. The van der Waals surface area contributed by atoms with Crippen molar-refractivity contribution in [2.45, 2.75) is 83.6 Å². The Morgan fingerprint density at radius 1 is 1.05 bits per heavy atom. The van der Waals surface area contributed by atoms with Crippen molar-refractivity contribution >= 4 is 69.1 Å². The number of phosphoric acid groups is 3. The van der Waals surface area contributed by atoms with E-state index >= 15 is 0 Å². The molecular weight excluding hydrogens is 845 g/mol. The molecule has 3 unspecified atom stereocenters. The van der Waals surface area contributed by atoms with Gasteiger partial charge in [0.15, 0.2) is 22.8 Å². The van der Waals surface area contributed by atoms with Crippen LogP contribution >= 0.6 is 35.2 Å². The second kappa shape index (κ2) is 20.7. The van der Waals surface area contributed by atoms with Crippen LogP contribution in [0.5, 0.6) is 0 Å². The number of nitrogens with one attached hydrogen (secondary N) is 2. The second-order valence-electron chi connectivity index (χ2n) is 13.9. The third-order valence-electron chi connectivity index (χ3n) is 7.97. The van der Waals surface area contributed by atoms with E-state index in [1.807, 2.05) is 13.8 Å². The van der Waals surface area contributed by atoms with Gasteiger partial charge < -0.3 is 56.6 Å². The van der Waals surface area contributed by atoms with E-state index in [-0.39, 0.29) is 54.1 Å². The number of carbonyl (C=O) groups excluding carboxylic acids is 3. The Hall–Kier alpha value is -2.48. The maximum Gasteiger partial charge on any atom is 0.481 e. The van der Waals surface area contributed by atoms with Crippen LogP contribution in [0.1, 0.15) is 53.2 Å². The molecule has 0 bridgehead atoms. The number of aliphatic hydroxyl groups is 2. The van der Waals surface area contributed by atoms with Gasteiger partial charge in [0, 0.05) is 43.1 Å². The molecule has 12 N–H and O–H groups in total. The molecule has 0 radical (unpaired) electrons. The molecule has 1 saturated heterocycles. The first-order valence-electron chi connectivity index (χ1n) is 17.1. The molecule has 1 fully saturated rings. The van der Waals surface area contributed by atoms with Crippen LogP contribution in [0.2, 0.25) is 0 Å². The number of nitrogens with two attached hydrogens (primary N) is 2. The highest BCUT2D eigenvalue weighted by Gasteiger charge is 2.50. The largest absolute Gasteiger partial charge is 0.481 e. The van der Waals surface area contributed by atoms with Gasteiger partial charge in [-0.3, -0.25) is 32.5 Å². The van der Waals surface area contributed by atoms with Crippen molar-refractivity contribution in [3.63, 3.8) is 0 Å². The van der Waals surface area contributed by atoms with Crippen molar-refractivity contribution in [2.75, 3.05) is 37.8 Å². The molecule has 0 spiro atoms. The van der Waals surface area contributed by atoms with Crippen molar-refractivity contribution in [3.05, 3.63) is 12.7 Å². The van der Waals surface area contributed by atoms with Gasteiger partial charge >= 0.3 is 23.5 Å². The number of nitrogen functional groups attached to an aromatic ring is 1. The lowest BCUT2D eigenvalue weighted by Crippen LogP contribution is -2.46. The zero-order valence-corrected chi connectivity index (χ0v) is 34.7. The molecule has 29 heteroatoms. The van der Waals surface area contributed by atoms with E-state index in [1.165, 1.54) is 13.8 Å². The standard InChI is InChI=1S/C28H49N8O17P3S/c1-15(2)9-16(29)10-19(38)57-8-7-31-18(37)5-6-32-26(41)23(40)28(3,4)12-50-56(47,48)53-55(45,46)49-11-17-22(52-54(42,43)44)21(39)27(51-17)36-14-35-20-24(30)33-13-34-25(20)36/h13-17,21-23,27,39-40H,5-12,29H2,1-4H3,(H,31,37)(H,32,41)(H,45,46)(H,47,48)(H2,30,33,34)(H2,42,43,44)/t16?,17-,21-,22-,23+,27-/m1/s1. The number of hydrogen-bond acceptors (Lipinski definition) is 19. The summed E-state index contributed by atoms with van der Waals surface area (Å²) in [5, 5.41) is 26.3. The fraction of sp³-hybridized carbons (Fsp3) is 0.714. The lowest BCUT2D eigenvalue weighted by molar-refractivity contribution is -0.137. The SMILES string of the molecule is CC(C)CC(N)CC(=O)SCCNC(=O)CCNC(=O)[C@H](O)C(C)(C)COP(=O)(O)OP(=O)(O)OC[C@H]1O[C@@H](n2cnc3c(N)ncnc32)[C@H](O)[C@@H]1OP(=O)(O)O. The van der Waals surface area contributed by atoms with E-state index in [1.54, 1.807) is 0 Å². The maximum atomic E-state index is 12.7. The molecule has 1 aliphatic heterocycles. The molecule has 2 aromatic rings. The first kappa shape index (κ1) is 48.9. The topological polar surface area (TPSA) is 390 Å². The smallest absolute Gasteiger partial charge is 0.386 e. The van der Waals surface area contributed by atoms with Gasteiger partial charge in [0.1, 0.15) is 36.3 Å². The molecule has 57 heavy (non-hydrogen) atoms. The zero-order chi connectivity index (χ0) is 42.9. The molecule has 0 saturated carbocycles. The number of nitrogens with zero attached hydrogens (tertiary/aromatic N) is 4. The van der Waals surface area contributed by atoms with E-state index in [0.717, 1.165) is 29.0 Å². The predicted molar refractivity (Wildman–Crippen MR) is 199 cm³/mol. The second-order valence-corrected chi connectivity index (χ2v) is 19.3. The lowest BCUT2D eigenvalue weighted by Gasteiger charge is -2.30. The predicted octanol–water partition coefficient (Wildman–Crippen LogP) is -0.572. The first-order valence-corrected chi connectivity index (χ1v) is 22.6. The van der Waals surface area contributed by atoms with Crippen LogP contribution in [0.4, 0.5) is 5.82 Å². The summed E-state index contributed by atoms with van der Waals surface area (Å²) in [6.45, 7) is 4.46. The molecule has 3 heterocycles. The third kappa shape index (κ3) is 15.6. The van der Waals surface area contributed by atoms with Gasteiger partial charge in [-0.1, -0.05) is 39.5 Å². The van der Waals surface area contributed by atoms with Crippen LogP contribution in [0.25, 0.3) is 11.2 Å². The number of fused-ring (bicyclic) bond motifs is 1. The van der Waals surface area contributed by atoms with E-state index in [2.05, 4.69) is 34.4 Å². The Balaban J connectivity index is 1.47. The summed E-state index contributed by atoms with van der Waals surface area (Å²) in [5.41, 5.74) is 10.2. The quantitative estimate of drug-likeness (QED) is 0.0493. The number of carbonyl (C=O) groups is 3. The molecule has 2 aromatic heterocycles. The highest BCUT2D eigenvalue weighted by Crippen LogP contribution is 2.61. The first-order chi connectivity index (χ1) is 26.3. The van der Waals surface area contributed by atoms with Crippen molar-refractivity contribution in [2.24, 2.45) is 17.1 Å². The number of thioether (sulfide) groups is 1. The minimum atomic E-state index is -5.57. The van der Waals surface area contributed by atoms with E-state index < -0.39 is 84.6 Å². The van der Waals surface area contributed by atoms with Gasteiger partial charge in [0.25, 0.3) is 0 Å². The molecule has 0 aliphatic carbocycles. The number of amides is 2. The normalized spacial score (nSPS) is 22.2. The number of phosphoric ester groups is 3. The number of rotatable bonds is 23. The van der Waals surface area contributed by atoms with E-state index in [9.17, 15) is 57.9 Å². The van der Waals surface area contributed by atoms with Crippen molar-refractivity contribution < 1.29 is 80.5 Å². The lowest BCUT2D eigenvalue weighted by atomic mass is 9.87. The Bertz CT molecular complexity index is 1850. The molecule has 3 rings (SSSR count). The van der Waals surface area contributed by atoms with Crippen LogP contribution in [0.15, 0.2) is 12.7 Å². The van der Waals surface area contributed by atoms with Crippen LogP contribution in [0.3, 0.4) is 0 Å². The molecular formula is C28H49N8O17P3S. The fourth-order valence-electron chi connectivity index (χ4n) is 5.26. The van der Waals surface area contributed by atoms with E-state index in [4.69, 9.17) is 25.3 Å². The van der Waals surface area contributed by atoms with Gasteiger partial charge in [-0.05, 0) is 12.3 Å². The molecule has 324 valence electrons. The van der Waals surface area contributed by atoms with Gasteiger partial charge in [-0.25, -0.2) is 28.6 Å². The number of imidazole rings is 1. The Morgan fingerprint density at radius 2 is 1.72 bits per heavy atom. The summed E-state index contributed by atoms with van der Waals surface area (Å²) in [5.74, 6) is -0.790. The van der Waals surface area contributed by atoms with Gasteiger partial charge in [-0.2, -0.15) is 4.31 Å². The van der Waals surface area contributed by atoms with Crippen LogP contribution in [-0.4, -0.2) is 129 Å². The average molecular weight is 895 g/mol. The number of hydrogen-bond donors (Lipinski definition) is 10. The maximum absolute atomic E-state index is 12.7. The van der Waals surface area contributed by atoms with Gasteiger partial charge in [0.05, 0.1) is 19.5 Å². The van der Waals surface area contributed by atoms with Crippen LogP contribution < -0.4 is 22.1 Å². The minimum Gasteiger partial charge on any atom is -0.386 e.